The first-order chi connectivity index (χ1) is 15.2. The van der Waals surface area contributed by atoms with Crippen LogP contribution in [0.2, 0.25) is 0 Å². The number of nitrogens with one attached hydrogen (secondary N) is 2. The molecule has 0 radical (unpaired) electrons. The number of methoxy groups -OCH3 is 1. The Morgan fingerprint density at radius 3 is 2.22 bits per heavy atom. The van der Waals surface area contributed by atoms with Crippen molar-refractivity contribution in [2.45, 2.75) is 19.1 Å². The van der Waals surface area contributed by atoms with Gasteiger partial charge in [-0.25, -0.2) is 10.2 Å². The highest BCUT2D eigenvalue weighted by atomic mass is 19.4. The number of anilines is 1. The van der Waals surface area contributed by atoms with Crippen molar-refractivity contribution in [3.63, 3.8) is 0 Å². The van der Waals surface area contributed by atoms with Gasteiger partial charge in [-0.1, -0.05) is 0 Å². The average Bonchev–Trinajstić information content (AvgIpc) is 2.76. The SMILES string of the molecule is CNN(C(=NC(C)C(F)(F)F)c1ccc(OCCNC(N)=O)cc1)c1ccc(OC)cc1. The molecule has 0 aromatic heterocycles. The summed E-state index contributed by atoms with van der Waals surface area (Å²) in [5.41, 5.74) is 8.88. The molecule has 1 atom stereocenters. The van der Waals surface area contributed by atoms with Gasteiger partial charge in [-0.2, -0.15) is 13.2 Å². The van der Waals surface area contributed by atoms with E-state index < -0.39 is 18.2 Å². The highest BCUT2D eigenvalue weighted by molar-refractivity contribution is 6.09. The molecule has 2 amide bonds. The van der Waals surface area contributed by atoms with Crippen LogP contribution in [0.5, 0.6) is 11.5 Å². The van der Waals surface area contributed by atoms with E-state index >= 15 is 0 Å². The van der Waals surface area contributed by atoms with Gasteiger partial charge >= 0.3 is 12.2 Å². The number of hydrogen-bond donors (Lipinski definition) is 3. The van der Waals surface area contributed by atoms with E-state index in [1.165, 1.54) is 12.1 Å². The van der Waals surface area contributed by atoms with Gasteiger partial charge in [0.2, 0.25) is 0 Å². The van der Waals surface area contributed by atoms with Crippen molar-refractivity contribution in [1.82, 2.24) is 10.7 Å². The maximum Gasteiger partial charge on any atom is 0.410 e. The lowest BCUT2D eigenvalue weighted by Gasteiger charge is -2.27. The Labute approximate surface area is 184 Å². The molecular weight excluding hydrogens is 427 g/mol. The van der Waals surface area contributed by atoms with Crippen LogP contribution in [0.3, 0.4) is 0 Å². The van der Waals surface area contributed by atoms with E-state index in [-0.39, 0.29) is 19.0 Å². The topological polar surface area (TPSA) is 101 Å². The molecule has 0 aliphatic heterocycles. The molecule has 174 valence electrons. The van der Waals surface area contributed by atoms with E-state index in [9.17, 15) is 18.0 Å². The van der Waals surface area contributed by atoms with Crippen LogP contribution in [0.4, 0.5) is 23.7 Å². The summed E-state index contributed by atoms with van der Waals surface area (Å²) in [7, 11) is 3.11. The number of carbonyl (C=O) groups is 1. The summed E-state index contributed by atoms with van der Waals surface area (Å²) in [6.45, 7) is 1.39. The summed E-state index contributed by atoms with van der Waals surface area (Å²) < 4.78 is 50.4. The van der Waals surface area contributed by atoms with Crippen molar-refractivity contribution >= 4 is 17.6 Å². The third-order valence-corrected chi connectivity index (χ3v) is 4.34. The summed E-state index contributed by atoms with van der Waals surface area (Å²) >= 11 is 0. The third-order valence-electron chi connectivity index (χ3n) is 4.34. The van der Waals surface area contributed by atoms with Crippen molar-refractivity contribution in [3.05, 3.63) is 54.1 Å². The molecule has 0 saturated carbocycles. The number of hydrazine groups is 1. The number of halogens is 3. The van der Waals surface area contributed by atoms with Crippen LogP contribution in [0.1, 0.15) is 12.5 Å². The molecule has 0 bridgehead atoms. The van der Waals surface area contributed by atoms with Crippen LogP contribution < -0.4 is 31.0 Å². The summed E-state index contributed by atoms with van der Waals surface area (Å²) in [4.78, 5) is 14.6. The van der Waals surface area contributed by atoms with Gasteiger partial charge in [0.15, 0.2) is 5.84 Å². The van der Waals surface area contributed by atoms with Crippen LogP contribution in [-0.4, -0.2) is 51.4 Å². The number of amidine groups is 1. The van der Waals surface area contributed by atoms with E-state index in [0.29, 0.717) is 22.7 Å². The predicted octanol–water partition coefficient (Wildman–Crippen LogP) is 3.08. The summed E-state index contributed by atoms with van der Waals surface area (Å²) in [6, 6.07) is 10.6. The van der Waals surface area contributed by atoms with Gasteiger partial charge in [0.25, 0.3) is 0 Å². The Kier molecular flexibility index (Phi) is 8.71. The number of ether oxygens (including phenoxy) is 2. The Balaban J connectivity index is 2.33. The Bertz CT molecular complexity index is 902. The van der Waals surface area contributed by atoms with Crippen molar-refractivity contribution in [3.8, 4) is 11.5 Å². The van der Waals surface area contributed by atoms with E-state index in [4.69, 9.17) is 15.2 Å². The Hall–Kier alpha value is -3.47. The van der Waals surface area contributed by atoms with Crippen LogP contribution in [0, 0.1) is 0 Å². The first-order valence-corrected chi connectivity index (χ1v) is 9.68. The number of alkyl halides is 3. The Morgan fingerprint density at radius 2 is 1.72 bits per heavy atom. The molecule has 8 nitrogen and oxygen atoms in total. The van der Waals surface area contributed by atoms with Crippen LogP contribution in [-0.2, 0) is 0 Å². The molecule has 0 fully saturated rings. The zero-order valence-corrected chi connectivity index (χ0v) is 17.9. The molecule has 11 heteroatoms. The van der Waals surface area contributed by atoms with E-state index in [1.54, 1.807) is 55.6 Å². The fourth-order valence-corrected chi connectivity index (χ4v) is 2.65. The van der Waals surface area contributed by atoms with Gasteiger partial charge in [0.05, 0.1) is 19.3 Å². The van der Waals surface area contributed by atoms with Crippen molar-refractivity contribution in [2.24, 2.45) is 10.7 Å². The predicted molar refractivity (Wildman–Crippen MR) is 116 cm³/mol. The van der Waals surface area contributed by atoms with Crippen LogP contribution >= 0.6 is 0 Å². The lowest BCUT2D eigenvalue weighted by Crippen LogP contribution is -2.42. The normalized spacial score (nSPS) is 12.8. The number of nitrogens with zero attached hydrogens (tertiary/aromatic N) is 2. The highest BCUT2D eigenvalue weighted by Gasteiger charge is 2.36. The first kappa shape index (κ1) is 24.8. The smallest absolute Gasteiger partial charge is 0.410 e. The fourth-order valence-electron chi connectivity index (χ4n) is 2.65. The number of nitrogens with two attached hydrogens (primary N) is 1. The molecule has 2 aromatic rings. The molecule has 0 spiro atoms. The van der Waals surface area contributed by atoms with Crippen molar-refractivity contribution < 1.29 is 27.4 Å². The number of primary amides is 1. The minimum atomic E-state index is -4.50. The van der Waals surface area contributed by atoms with Crippen LogP contribution in [0.15, 0.2) is 53.5 Å². The largest absolute Gasteiger partial charge is 0.497 e. The summed E-state index contributed by atoms with van der Waals surface area (Å²) in [6.07, 6.45) is -4.50. The van der Waals surface area contributed by atoms with Crippen molar-refractivity contribution in [1.29, 1.82) is 0 Å². The second-order valence-corrected chi connectivity index (χ2v) is 6.59. The number of amides is 2. The minimum absolute atomic E-state index is 0.0736. The second-order valence-electron chi connectivity index (χ2n) is 6.59. The highest BCUT2D eigenvalue weighted by Crippen LogP contribution is 2.26. The first-order valence-electron chi connectivity index (χ1n) is 9.68. The van der Waals surface area contributed by atoms with E-state index in [0.717, 1.165) is 6.92 Å². The molecule has 0 aliphatic rings. The number of aliphatic imine (C=N–C) groups is 1. The average molecular weight is 453 g/mol. The zero-order chi connectivity index (χ0) is 23.7. The molecule has 2 rings (SSSR count). The number of hydrogen-bond acceptors (Lipinski definition) is 5. The lowest BCUT2D eigenvalue weighted by molar-refractivity contribution is -0.142. The third kappa shape index (κ3) is 7.05. The van der Waals surface area contributed by atoms with Gasteiger partial charge < -0.3 is 20.5 Å². The van der Waals surface area contributed by atoms with E-state index in [2.05, 4.69) is 15.7 Å². The standard InChI is InChI=1S/C21H26F3N5O3/c1-14(21(22,23)24)28-19(29(26-2)16-6-10-17(31-3)11-7-16)15-4-8-18(9-5-15)32-13-12-27-20(25)30/h4-11,14,26H,12-13H2,1-3H3,(H3,25,27,30). The monoisotopic (exact) mass is 453 g/mol. The number of benzene rings is 2. The molecule has 0 heterocycles. The van der Waals surface area contributed by atoms with E-state index in [1.807, 2.05) is 0 Å². The fraction of sp³-hybridized carbons (Fsp3) is 0.333. The molecule has 4 N–H and O–H groups in total. The summed E-state index contributed by atoms with van der Waals surface area (Å²) in [5, 5.41) is 3.85. The van der Waals surface area contributed by atoms with Gasteiger partial charge in [-0.15, -0.1) is 0 Å². The lowest BCUT2D eigenvalue weighted by atomic mass is 10.1. The van der Waals surface area contributed by atoms with Gasteiger partial charge in [0.1, 0.15) is 24.1 Å². The molecule has 0 saturated heterocycles. The number of rotatable bonds is 9. The Morgan fingerprint density at radius 1 is 1.12 bits per heavy atom. The van der Waals surface area contributed by atoms with Gasteiger partial charge in [0, 0.05) is 12.6 Å². The van der Waals surface area contributed by atoms with Crippen molar-refractivity contribution in [2.75, 3.05) is 32.3 Å². The maximum absolute atomic E-state index is 13.3. The van der Waals surface area contributed by atoms with Gasteiger partial charge in [-0.05, 0) is 55.5 Å². The molecule has 1 unspecified atom stereocenters. The molecule has 32 heavy (non-hydrogen) atoms. The second kappa shape index (κ2) is 11.2. The molecule has 2 aromatic carbocycles. The minimum Gasteiger partial charge on any atom is -0.497 e. The van der Waals surface area contributed by atoms with Gasteiger partial charge in [-0.3, -0.25) is 10.0 Å². The van der Waals surface area contributed by atoms with Crippen LogP contribution in [0.25, 0.3) is 0 Å². The number of urea groups is 1. The summed E-state index contributed by atoms with van der Waals surface area (Å²) in [5.74, 6) is 1.16. The maximum atomic E-state index is 13.3. The zero-order valence-electron chi connectivity index (χ0n) is 17.9. The number of carbonyl (C=O) groups excluding carboxylic acids is 1. The quantitative estimate of drug-likeness (QED) is 0.235. The molecular formula is C21H26F3N5O3. The molecule has 0 aliphatic carbocycles.